The Balaban J connectivity index is 2.53. The predicted molar refractivity (Wildman–Crippen MR) is 75.3 cm³/mol. The molecule has 4 heteroatoms. The van der Waals surface area contributed by atoms with Gasteiger partial charge in [0.2, 0.25) is 0 Å². The van der Waals surface area contributed by atoms with Crippen molar-refractivity contribution in [2.24, 2.45) is 0 Å². The van der Waals surface area contributed by atoms with Crippen molar-refractivity contribution in [3.63, 3.8) is 0 Å². The van der Waals surface area contributed by atoms with Crippen LogP contribution in [0.4, 0.5) is 0 Å². The van der Waals surface area contributed by atoms with Gasteiger partial charge in [-0.2, -0.15) is 0 Å². The molecule has 19 heavy (non-hydrogen) atoms. The average Bonchev–Trinajstić information content (AvgIpc) is 2.38. The van der Waals surface area contributed by atoms with Crippen LogP contribution in [-0.4, -0.2) is 25.7 Å². The Morgan fingerprint density at radius 3 is 2.74 bits per heavy atom. The third-order valence-corrected chi connectivity index (χ3v) is 2.91. The Hall–Kier alpha value is -1.55. The molecule has 1 aromatic carbocycles. The third-order valence-electron chi connectivity index (χ3n) is 2.91. The molecule has 0 aliphatic rings. The minimum absolute atomic E-state index is 0.0697. The topological polar surface area (TPSA) is 47.6 Å². The zero-order chi connectivity index (χ0) is 14.3. The summed E-state index contributed by atoms with van der Waals surface area (Å²) in [7, 11) is 1.65. The van der Waals surface area contributed by atoms with Crippen molar-refractivity contribution in [3.8, 4) is 5.75 Å². The molecule has 0 fully saturated rings. The maximum Gasteiger partial charge on any atom is 0.307 e. The molecule has 4 nitrogen and oxygen atoms in total. The normalized spacial score (nSPS) is 13.7. The number of esters is 1. The Bertz CT molecular complexity index is 406. The first-order chi connectivity index (χ1) is 9.06. The molecule has 0 bridgehead atoms. The molecule has 0 radical (unpaired) electrons. The first-order valence-electron chi connectivity index (χ1n) is 6.62. The minimum Gasteiger partial charge on any atom is -0.497 e. The molecule has 1 unspecified atom stereocenters. The zero-order valence-electron chi connectivity index (χ0n) is 12.1. The van der Waals surface area contributed by atoms with Gasteiger partial charge < -0.3 is 14.8 Å². The largest absolute Gasteiger partial charge is 0.497 e. The molecule has 0 aliphatic carbocycles. The first kappa shape index (κ1) is 15.5. The number of rotatable bonds is 7. The van der Waals surface area contributed by atoms with Crippen molar-refractivity contribution in [3.05, 3.63) is 29.8 Å². The van der Waals surface area contributed by atoms with Crippen molar-refractivity contribution in [2.45, 2.75) is 39.3 Å². The fourth-order valence-corrected chi connectivity index (χ4v) is 1.96. The molecular weight excluding hydrogens is 242 g/mol. The second-order valence-electron chi connectivity index (χ2n) is 4.58. The SMILES string of the molecule is CCOC(=O)CC(C)N[C@H](C)c1cccc(OC)c1. The van der Waals surface area contributed by atoms with E-state index in [1.807, 2.05) is 38.1 Å². The van der Waals surface area contributed by atoms with Gasteiger partial charge in [0.05, 0.1) is 20.1 Å². The van der Waals surface area contributed by atoms with Crippen molar-refractivity contribution in [1.29, 1.82) is 0 Å². The van der Waals surface area contributed by atoms with Gasteiger partial charge >= 0.3 is 5.97 Å². The lowest BCUT2D eigenvalue weighted by atomic mass is 10.1. The highest BCUT2D eigenvalue weighted by atomic mass is 16.5. The number of benzene rings is 1. The number of nitrogens with one attached hydrogen (secondary N) is 1. The second kappa shape index (κ2) is 7.79. The summed E-state index contributed by atoms with van der Waals surface area (Å²) in [5.41, 5.74) is 1.13. The van der Waals surface area contributed by atoms with Gasteiger partial charge in [-0.15, -0.1) is 0 Å². The minimum atomic E-state index is -0.166. The van der Waals surface area contributed by atoms with Crippen molar-refractivity contribution < 1.29 is 14.3 Å². The smallest absolute Gasteiger partial charge is 0.307 e. The summed E-state index contributed by atoms with van der Waals surface area (Å²) in [6.07, 6.45) is 0.377. The number of ether oxygens (including phenoxy) is 2. The van der Waals surface area contributed by atoms with Crippen LogP contribution >= 0.6 is 0 Å². The fraction of sp³-hybridized carbons (Fsp3) is 0.533. The lowest BCUT2D eigenvalue weighted by Crippen LogP contribution is -2.31. The fourth-order valence-electron chi connectivity index (χ4n) is 1.96. The summed E-state index contributed by atoms with van der Waals surface area (Å²) in [5, 5.41) is 3.38. The van der Waals surface area contributed by atoms with Crippen LogP contribution in [0.25, 0.3) is 0 Å². The van der Waals surface area contributed by atoms with E-state index in [1.54, 1.807) is 7.11 Å². The Morgan fingerprint density at radius 2 is 2.11 bits per heavy atom. The van der Waals surface area contributed by atoms with Crippen LogP contribution in [0.15, 0.2) is 24.3 Å². The summed E-state index contributed by atoms with van der Waals surface area (Å²) in [6, 6.07) is 8.13. The molecule has 0 aliphatic heterocycles. The summed E-state index contributed by atoms with van der Waals surface area (Å²) in [4.78, 5) is 11.4. The molecule has 2 atom stereocenters. The number of hydrogen-bond acceptors (Lipinski definition) is 4. The van der Waals surface area contributed by atoms with E-state index in [0.29, 0.717) is 13.0 Å². The molecule has 1 aromatic rings. The monoisotopic (exact) mass is 265 g/mol. The average molecular weight is 265 g/mol. The quantitative estimate of drug-likeness (QED) is 0.770. The number of carbonyl (C=O) groups is 1. The van der Waals surface area contributed by atoms with Gasteiger partial charge in [0.1, 0.15) is 5.75 Å². The van der Waals surface area contributed by atoms with E-state index in [4.69, 9.17) is 9.47 Å². The van der Waals surface area contributed by atoms with Gasteiger partial charge in [-0.25, -0.2) is 0 Å². The molecule has 0 saturated heterocycles. The first-order valence-corrected chi connectivity index (χ1v) is 6.62. The van der Waals surface area contributed by atoms with Gasteiger partial charge in [-0.1, -0.05) is 12.1 Å². The highest BCUT2D eigenvalue weighted by Crippen LogP contribution is 2.19. The van der Waals surface area contributed by atoms with E-state index in [-0.39, 0.29) is 18.1 Å². The van der Waals surface area contributed by atoms with Crippen molar-refractivity contribution >= 4 is 5.97 Å². The molecular formula is C15H23NO3. The standard InChI is InChI=1S/C15H23NO3/c1-5-19-15(17)9-11(2)16-12(3)13-7-6-8-14(10-13)18-4/h6-8,10-12,16H,5,9H2,1-4H3/t11?,12-/m1/s1. The Kier molecular flexibility index (Phi) is 6.36. The number of hydrogen-bond donors (Lipinski definition) is 1. The molecule has 0 saturated carbocycles. The lowest BCUT2D eigenvalue weighted by molar-refractivity contribution is -0.143. The van der Waals surface area contributed by atoms with E-state index < -0.39 is 0 Å². The van der Waals surface area contributed by atoms with Crippen LogP contribution in [0.2, 0.25) is 0 Å². The van der Waals surface area contributed by atoms with Gasteiger partial charge in [-0.05, 0) is 38.5 Å². The van der Waals surface area contributed by atoms with E-state index in [0.717, 1.165) is 11.3 Å². The molecule has 1 rings (SSSR count). The predicted octanol–water partition coefficient (Wildman–Crippen LogP) is 2.69. The Labute approximate surface area is 115 Å². The maximum atomic E-state index is 11.4. The second-order valence-corrected chi connectivity index (χ2v) is 4.58. The van der Waals surface area contributed by atoms with E-state index in [1.165, 1.54) is 0 Å². The van der Waals surface area contributed by atoms with Gasteiger partial charge in [-0.3, -0.25) is 4.79 Å². The molecule has 0 heterocycles. The van der Waals surface area contributed by atoms with Crippen molar-refractivity contribution in [1.82, 2.24) is 5.32 Å². The van der Waals surface area contributed by atoms with Crippen LogP contribution in [-0.2, 0) is 9.53 Å². The van der Waals surface area contributed by atoms with Crippen LogP contribution in [0, 0.1) is 0 Å². The lowest BCUT2D eigenvalue weighted by Gasteiger charge is -2.20. The zero-order valence-corrected chi connectivity index (χ0v) is 12.1. The maximum absolute atomic E-state index is 11.4. The highest BCUT2D eigenvalue weighted by Gasteiger charge is 2.13. The Morgan fingerprint density at radius 1 is 1.37 bits per heavy atom. The van der Waals surface area contributed by atoms with E-state index >= 15 is 0 Å². The van der Waals surface area contributed by atoms with Gasteiger partial charge in [0, 0.05) is 12.1 Å². The van der Waals surface area contributed by atoms with E-state index in [2.05, 4.69) is 12.2 Å². The number of methoxy groups -OCH3 is 1. The summed E-state index contributed by atoms with van der Waals surface area (Å²) < 4.78 is 10.1. The summed E-state index contributed by atoms with van der Waals surface area (Å²) >= 11 is 0. The molecule has 106 valence electrons. The van der Waals surface area contributed by atoms with Crippen LogP contribution in [0.1, 0.15) is 38.8 Å². The molecule has 0 aromatic heterocycles. The van der Waals surface area contributed by atoms with Crippen LogP contribution < -0.4 is 10.1 Å². The van der Waals surface area contributed by atoms with Crippen molar-refractivity contribution in [2.75, 3.05) is 13.7 Å². The van der Waals surface area contributed by atoms with Crippen LogP contribution in [0.3, 0.4) is 0 Å². The van der Waals surface area contributed by atoms with Crippen LogP contribution in [0.5, 0.6) is 5.75 Å². The third kappa shape index (κ3) is 5.30. The highest BCUT2D eigenvalue weighted by molar-refractivity contribution is 5.70. The number of carbonyl (C=O) groups excluding carboxylic acids is 1. The molecule has 1 N–H and O–H groups in total. The molecule has 0 amide bonds. The van der Waals surface area contributed by atoms with Gasteiger partial charge in [0.25, 0.3) is 0 Å². The van der Waals surface area contributed by atoms with Gasteiger partial charge in [0.15, 0.2) is 0 Å². The summed E-state index contributed by atoms with van der Waals surface area (Å²) in [6.45, 7) is 6.29. The summed E-state index contributed by atoms with van der Waals surface area (Å²) in [5.74, 6) is 0.671. The molecule has 0 spiro atoms. The van der Waals surface area contributed by atoms with E-state index in [9.17, 15) is 4.79 Å².